The number of nitrogens with zero attached hydrogens (tertiary/aromatic N) is 2. The Bertz CT molecular complexity index is 850. The Morgan fingerprint density at radius 2 is 2.12 bits per heavy atom. The SMILES string of the molecule is CS(=O)(=O)N1CCc2nc(NC(=O)CCSc3ccccc3)sc2C1. The number of carbonyl (C=O) groups is 1. The minimum atomic E-state index is -3.20. The van der Waals surface area contributed by atoms with Crippen LogP contribution in [0, 0.1) is 0 Å². The highest BCUT2D eigenvalue weighted by Crippen LogP contribution is 2.29. The molecule has 0 radical (unpaired) electrons. The number of carbonyl (C=O) groups excluding carboxylic acids is 1. The third kappa shape index (κ3) is 5.04. The summed E-state index contributed by atoms with van der Waals surface area (Å²) >= 11 is 3.00. The van der Waals surface area contributed by atoms with E-state index in [2.05, 4.69) is 10.3 Å². The summed E-state index contributed by atoms with van der Waals surface area (Å²) in [7, 11) is -3.20. The molecule has 3 rings (SSSR count). The number of sulfonamides is 1. The quantitative estimate of drug-likeness (QED) is 0.758. The van der Waals surface area contributed by atoms with Crippen molar-refractivity contribution in [1.29, 1.82) is 0 Å². The molecule has 6 nitrogen and oxygen atoms in total. The van der Waals surface area contributed by atoms with E-state index in [1.165, 1.54) is 21.9 Å². The van der Waals surface area contributed by atoms with Crippen molar-refractivity contribution in [3.63, 3.8) is 0 Å². The van der Waals surface area contributed by atoms with Gasteiger partial charge in [-0.2, -0.15) is 4.31 Å². The zero-order valence-corrected chi connectivity index (χ0v) is 16.2. The van der Waals surface area contributed by atoms with Gasteiger partial charge in [0.25, 0.3) is 0 Å². The summed E-state index contributed by atoms with van der Waals surface area (Å²) in [5.41, 5.74) is 0.888. The van der Waals surface area contributed by atoms with Crippen molar-refractivity contribution in [1.82, 2.24) is 9.29 Å². The summed E-state index contributed by atoms with van der Waals surface area (Å²) in [6, 6.07) is 9.95. The van der Waals surface area contributed by atoms with Crippen LogP contribution in [0.4, 0.5) is 5.13 Å². The number of thiazole rings is 1. The number of benzene rings is 1. The van der Waals surface area contributed by atoms with Crippen LogP contribution < -0.4 is 5.32 Å². The van der Waals surface area contributed by atoms with Gasteiger partial charge >= 0.3 is 0 Å². The molecule has 2 heterocycles. The van der Waals surface area contributed by atoms with Gasteiger partial charge in [-0.05, 0) is 12.1 Å². The van der Waals surface area contributed by atoms with E-state index in [-0.39, 0.29) is 5.91 Å². The molecule has 134 valence electrons. The van der Waals surface area contributed by atoms with Gasteiger partial charge in [0.05, 0.1) is 11.9 Å². The molecule has 2 aromatic rings. The summed E-state index contributed by atoms with van der Waals surface area (Å²) in [4.78, 5) is 18.6. The zero-order chi connectivity index (χ0) is 17.9. The fourth-order valence-corrected chi connectivity index (χ4v) is 5.25. The number of rotatable bonds is 6. The molecule has 1 N–H and O–H groups in total. The van der Waals surface area contributed by atoms with Crippen LogP contribution in [0.15, 0.2) is 35.2 Å². The van der Waals surface area contributed by atoms with E-state index in [0.29, 0.717) is 36.8 Å². The molecule has 1 aliphatic heterocycles. The first kappa shape index (κ1) is 18.4. The molecule has 9 heteroatoms. The molecule has 1 aromatic carbocycles. The van der Waals surface area contributed by atoms with Gasteiger partial charge in [-0.3, -0.25) is 4.79 Å². The number of aromatic nitrogens is 1. The fourth-order valence-electron chi connectivity index (χ4n) is 2.47. The van der Waals surface area contributed by atoms with Crippen molar-refractivity contribution in [3.8, 4) is 0 Å². The van der Waals surface area contributed by atoms with Gasteiger partial charge in [-0.25, -0.2) is 13.4 Å². The van der Waals surface area contributed by atoms with Gasteiger partial charge in [-0.15, -0.1) is 23.1 Å². The number of nitrogens with one attached hydrogen (secondary N) is 1. The van der Waals surface area contributed by atoms with E-state index in [1.54, 1.807) is 11.8 Å². The minimum absolute atomic E-state index is 0.0745. The Hall–Kier alpha value is -1.42. The monoisotopic (exact) mass is 397 g/mol. The van der Waals surface area contributed by atoms with Gasteiger partial charge in [0.1, 0.15) is 0 Å². The molecule has 0 saturated heterocycles. The molecule has 0 fully saturated rings. The molecule has 0 spiro atoms. The van der Waals surface area contributed by atoms with Crippen molar-refractivity contribution in [2.75, 3.05) is 23.9 Å². The average molecular weight is 398 g/mol. The van der Waals surface area contributed by atoms with Gasteiger partial charge in [-0.1, -0.05) is 18.2 Å². The molecule has 0 atom stereocenters. The number of thioether (sulfide) groups is 1. The molecule has 0 saturated carbocycles. The standard InChI is InChI=1S/C16H19N3O3S3/c1-25(21,22)19-9-7-13-14(11-19)24-16(17-13)18-15(20)8-10-23-12-5-3-2-4-6-12/h2-6H,7-11H2,1H3,(H,17,18,20). The summed E-state index contributed by atoms with van der Waals surface area (Å²) in [5, 5.41) is 3.38. The van der Waals surface area contributed by atoms with Crippen LogP contribution >= 0.6 is 23.1 Å². The van der Waals surface area contributed by atoms with Crippen LogP contribution in [-0.4, -0.2) is 42.2 Å². The molecule has 0 unspecified atom stereocenters. The molecule has 0 aliphatic carbocycles. The molecule has 0 bridgehead atoms. The highest BCUT2D eigenvalue weighted by Gasteiger charge is 2.26. The second-order valence-electron chi connectivity index (χ2n) is 5.70. The largest absolute Gasteiger partial charge is 0.302 e. The van der Waals surface area contributed by atoms with Crippen LogP contribution in [0.5, 0.6) is 0 Å². The van der Waals surface area contributed by atoms with Crippen LogP contribution in [0.3, 0.4) is 0 Å². The maximum atomic E-state index is 12.1. The van der Waals surface area contributed by atoms with Crippen LogP contribution in [0.1, 0.15) is 17.0 Å². The molecular weight excluding hydrogens is 378 g/mol. The van der Waals surface area contributed by atoms with E-state index in [0.717, 1.165) is 15.5 Å². The Labute approximate surface area is 155 Å². The van der Waals surface area contributed by atoms with Gasteiger partial charge < -0.3 is 5.32 Å². The fraction of sp³-hybridized carbons (Fsp3) is 0.375. The summed E-state index contributed by atoms with van der Waals surface area (Å²) in [6.45, 7) is 0.780. The Balaban J connectivity index is 1.52. The molecule has 25 heavy (non-hydrogen) atoms. The number of hydrogen-bond acceptors (Lipinski definition) is 6. The summed E-state index contributed by atoms with van der Waals surface area (Å²) in [5.74, 6) is 0.623. The van der Waals surface area contributed by atoms with Crippen molar-refractivity contribution in [2.24, 2.45) is 0 Å². The van der Waals surface area contributed by atoms with Crippen molar-refractivity contribution < 1.29 is 13.2 Å². The number of anilines is 1. The summed E-state index contributed by atoms with van der Waals surface area (Å²) in [6.07, 6.45) is 2.20. The van der Waals surface area contributed by atoms with E-state index in [9.17, 15) is 13.2 Å². The highest BCUT2D eigenvalue weighted by molar-refractivity contribution is 7.99. The van der Waals surface area contributed by atoms with Crippen LogP contribution in [0.25, 0.3) is 0 Å². The van der Waals surface area contributed by atoms with Crippen LogP contribution in [0.2, 0.25) is 0 Å². The lowest BCUT2D eigenvalue weighted by Crippen LogP contribution is -2.34. The van der Waals surface area contributed by atoms with Crippen molar-refractivity contribution in [2.45, 2.75) is 24.3 Å². The van der Waals surface area contributed by atoms with Crippen molar-refractivity contribution in [3.05, 3.63) is 40.9 Å². The Morgan fingerprint density at radius 1 is 1.36 bits per heavy atom. The minimum Gasteiger partial charge on any atom is -0.302 e. The third-order valence-corrected chi connectivity index (χ3v) is 7.01. The molecule has 1 aromatic heterocycles. The average Bonchev–Trinajstić information content (AvgIpc) is 2.96. The lowest BCUT2D eigenvalue weighted by molar-refractivity contribution is -0.115. The van der Waals surface area contributed by atoms with E-state index in [1.807, 2.05) is 30.3 Å². The van der Waals surface area contributed by atoms with Crippen LogP contribution in [-0.2, 0) is 27.8 Å². The second-order valence-corrected chi connectivity index (χ2v) is 9.93. The Morgan fingerprint density at radius 3 is 2.84 bits per heavy atom. The van der Waals surface area contributed by atoms with E-state index < -0.39 is 10.0 Å². The highest BCUT2D eigenvalue weighted by atomic mass is 32.2. The first-order chi connectivity index (χ1) is 11.9. The third-order valence-electron chi connectivity index (χ3n) is 3.75. The lowest BCUT2D eigenvalue weighted by Gasteiger charge is -2.23. The van der Waals surface area contributed by atoms with Gasteiger partial charge in [0, 0.05) is 41.5 Å². The second kappa shape index (κ2) is 7.86. The molecular formula is C16H19N3O3S3. The number of amides is 1. The smallest absolute Gasteiger partial charge is 0.226 e. The number of fused-ring (bicyclic) bond motifs is 1. The van der Waals surface area contributed by atoms with E-state index in [4.69, 9.17) is 0 Å². The normalized spacial score (nSPS) is 14.9. The zero-order valence-electron chi connectivity index (χ0n) is 13.8. The molecule has 1 amide bonds. The van der Waals surface area contributed by atoms with Gasteiger partial charge in [0.2, 0.25) is 15.9 Å². The van der Waals surface area contributed by atoms with E-state index >= 15 is 0 Å². The summed E-state index contributed by atoms with van der Waals surface area (Å²) < 4.78 is 24.7. The molecule has 1 aliphatic rings. The predicted octanol–water partition coefficient (Wildman–Crippen LogP) is 2.58. The predicted molar refractivity (Wildman–Crippen MR) is 101 cm³/mol. The maximum absolute atomic E-state index is 12.1. The topological polar surface area (TPSA) is 79.4 Å². The Kier molecular flexibility index (Phi) is 5.78. The maximum Gasteiger partial charge on any atom is 0.226 e. The first-order valence-corrected chi connectivity index (χ1v) is 11.5. The first-order valence-electron chi connectivity index (χ1n) is 7.83. The van der Waals surface area contributed by atoms with Gasteiger partial charge in [0.15, 0.2) is 5.13 Å². The van der Waals surface area contributed by atoms with Crippen molar-refractivity contribution >= 4 is 44.2 Å². The lowest BCUT2D eigenvalue weighted by atomic mass is 10.2. The number of hydrogen-bond donors (Lipinski definition) is 1.